The zero-order chi connectivity index (χ0) is 18.7. The van der Waals surface area contributed by atoms with Crippen molar-refractivity contribution in [3.8, 4) is 17.5 Å². The molecule has 1 aliphatic rings. The van der Waals surface area contributed by atoms with Gasteiger partial charge in [-0.15, -0.1) is 12.4 Å². The SMILES string of the molecule is Cc1nc(S(C)(=O)=O)ccc1Oc1ncnc(OC2CCNCC2)c1F.Cl. The van der Waals surface area contributed by atoms with Gasteiger partial charge in [-0.1, -0.05) is 0 Å². The monoisotopic (exact) mass is 418 g/mol. The Morgan fingerprint density at radius 1 is 1.19 bits per heavy atom. The predicted molar refractivity (Wildman–Crippen MR) is 97.9 cm³/mol. The molecular weight excluding hydrogens is 399 g/mol. The van der Waals surface area contributed by atoms with Crippen molar-refractivity contribution in [2.24, 2.45) is 0 Å². The number of piperidine rings is 1. The van der Waals surface area contributed by atoms with E-state index in [1.54, 1.807) is 6.92 Å². The summed E-state index contributed by atoms with van der Waals surface area (Å²) >= 11 is 0. The van der Waals surface area contributed by atoms with Gasteiger partial charge in [-0.25, -0.2) is 13.4 Å². The first kappa shape index (κ1) is 21.3. The van der Waals surface area contributed by atoms with Gasteiger partial charge in [0.15, 0.2) is 20.6 Å². The van der Waals surface area contributed by atoms with Crippen molar-refractivity contribution >= 4 is 22.2 Å². The second-order valence-electron chi connectivity index (χ2n) is 5.97. The molecular formula is C16H20ClFN4O4S. The van der Waals surface area contributed by atoms with Gasteiger partial charge >= 0.3 is 0 Å². The standard InChI is InChI=1S/C16H19FN4O4S.ClH/c1-10-12(3-4-13(21-10)26(2,22)23)25-16-14(17)15(19-9-20-16)24-11-5-7-18-8-6-11;/h3-4,9,11,18H,5-8H2,1-2H3;1H. The average Bonchev–Trinajstić information content (AvgIpc) is 2.60. The van der Waals surface area contributed by atoms with Crippen molar-refractivity contribution in [1.82, 2.24) is 20.3 Å². The summed E-state index contributed by atoms with van der Waals surface area (Å²) in [6.07, 6.45) is 3.61. The fourth-order valence-electron chi connectivity index (χ4n) is 2.51. The molecule has 0 radical (unpaired) electrons. The summed E-state index contributed by atoms with van der Waals surface area (Å²) < 4.78 is 48.8. The molecule has 0 atom stereocenters. The van der Waals surface area contributed by atoms with E-state index in [2.05, 4.69) is 20.3 Å². The van der Waals surface area contributed by atoms with E-state index in [9.17, 15) is 12.8 Å². The third-order valence-corrected chi connectivity index (χ3v) is 4.88. The van der Waals surface area contributed by atoms with E-state index in [1.165, 1.54) is 12.1 Å². The van der Waals surface area contributed by atoms with Crippen LogP contribution in [0.4, 0.5) is 4.39 Å². The number of hydrogen-bond donors (Lipinski definition) is 1. The number of nitrogens with zero attached hydrogens (tertiary/aromatic N) is 3. The zero-order valence-electron chi connectivity index (χ0n) is 14.8. The first-order valence-electron chi connectivity index (χ1n) is 8.08. The van der Waals surface area contributed by atoms with Crippen molar-refractivity contribution in [2.45, 2.75) is 30.9 Å². The highest BCUT2D eigenvalue weighted by Gasteiger charge is 2.21. The van der Waals surface area contributed by atoms with Gasteiger partial charge in [0.05, 0.1) is 5.69 Å². The summed E-state index contributed by atoms with van der Waals surface area (Å²) in [5, 5.41) is 3.12. The van der Waals surface area contributed by atoms with Gasteiger partial charge in [-0.2, -0.15) is 14.4 Å². The number of aromatic nitrogens is 3. The Hall–Kier alpha value is -2.04. The number of hydrogen-bond acceptors (Lipinski definition) is 8. The lowest BCUT2D eigenvalue weighted by Gasteiger charge is -2.23. The minimum atomic E-state index is -3.44. The maximum Gasteiger partial charge on any atom is 0.263 e. The van der Waals surface area contributed by atoms with Gasteiger partial charge in [-0.3, -0.25) is 0 Å². The number of pyridine rings is 1. The van der Waals surface area contributed by atoms with Gasteiger partial charge in [0, 0.05) is 6.26 Å². The largest absolute Gasteiger partial charge is 0.472 e. The Labute approximate surface area is 162 Å². The molecule has 3 rings (SSSR count). The Morgan fingerprint density at radius 3 is 2.48 bits per heavy atom. The van der Waals surface area contributed by atoms with Crippen LogP contribution in [0.2, 0.25) is 0 Å². The predicted octanol–water partition coefficient (Wildman–Crippen LogP) is 2.07. The molecule has 0 spiro atoms. The molecule has 1 aliphatic heterocycles. The fourth-order valence-corrected chi connectivity index (χ4v) is 3.12. The van der Waals surface area contributed by atoms with Crippen molar-refractivity contribution < 1.29 is 22.3 Å². The molecule has 0 aliphatic carbocycles. The van der Waals surface area contributed by atoms with E-state index in [4.69, 9.17) is 9.47 Å². The van der Waals surface area contributed by atoms with Crippen LogP contribution in [0, 0.1) is 12.7 Å². The third kappa shape index (κ3) is 5.24. The lowest BCUT2D eigenvalue weighted by atomic mass is 10.1. The summed E-state index contributed by atoms with van der Waals surface area (Å²) in [6, 6.07) is 2.71. The van der Waals surface area contributed by atoms with E-state index in [1.807, 2.05) is 0 Å². The van der Waals surface area contributed by atoms with Crippen LogP contribution in [-0.4, -0.2) is 48.8 Å². The Kier molecular flexibility index (Phi) is 6.90. The van der Waals surface area contributed by atoms with Crippen molar-refractivity contribution in [1.29, 1.82) is 0 Å². The highest BCUT2D eigenvalue weighted by molar-refractivity contribution is 7.90. The van der Waals surface area contributed by atoms with Gasteiger partial charge < -0.3 is 14.8 Å². The number of aryl methyl sites for hydroxylation is 1. The van der Waals surface area contributed by atoms with Crippen molar-refractivity contribution in [2.75, 3.05) is 19.3 Å². The second-order valence-corrected chi connectivity index (χ2v) is 7.94. The number of nitrogens with one attached hydrogen (secondary N) is 1. The quantitative estimate of drug-likeness (QED) is 0.787. The van der Waals surface area contributed by atoms with Gasteiger partial charge in [0.25, 0.3) is 11.8 Å². The topological polar surface area (TPSA) is 103 Å². The molecule has 2 aromatic heterocycles. The van der Waals surface area contributed by atoms with E-state index in [-0.39, 0.29) is 41.0 Å². The molecule has 148 valence electrons. The number of rotatable bonds is 5. The normalized spacial score (nSPS) is 15.1. The average molecular weight is 419 g/mol. The lowest BCUT2D eigenvalue weighted by Crippen LogP contribution is -2.34. The minimum Gasteiger partial charge on any atom is -0.472 e. The lowest BCUT2D eigenvalue weighted by molar-refractivity contribution is 0.147. The highest BCUT2D eigenvalue weighted by Crippen LogP contribution is 2.29. The van der Waals surface area contributed by atoms with Crippen LogP contribution in [0.25, 0.3) is 0 Å². The van der Waals surface area contributed by atoms with Gasteiger partial charge in [0.1, 0.15) is 12.4 Å². The summed E-state index contributed by atoms with van der Waals surface area (Å²) in [6.45, 7) is 3.17. The molecule has 0 aromatic carbocycles. The fraction of sp³-hybridized carbons (Fsp3) is 0.438. The summed E-state index contributed by atoms with van der Waals surface area (Å²) in [4.78, 5) is 11.6. The summed E-state index contributed by atoms with van der Waals surface area (Å²) in [5.74, 6) is -1.08. The Bertz CT molecular complexity index is 907. The molecule has 11 heteroatoms. The number of halogens is 2. The maximum absolute atomic E-state index is 14.6. The van der Waals surface area contributed by atoms with E-state index < -0.39 is 15.7 Å². The first-order valence-corrected chi connectivity index (χ1v) is 9.97. The van der Waals surface area contributed by atoms with Crippen LogP contribution >= 0.6 is 12.4 Å². The maximum atomic E-state index is 14.6. The zero-order valence-corrected chi connectivity index (χ0v) is 16.4. The molecule has 3 heterocycles. The molecule has 1 fully saturated rings. The first-order chi connectivity index (χ1) is 12.3. The number of ether oxygens (including phenoxy) is 2. The summed E-state index contributed by atoms with van der Waals surface area (Å²) in [7, 11) is -3.44. The minimum absolute atomic E-state index is 0. The van der Waals surface area contributed by atoms with Crippen LogP contribution in [0.3, 0.4) is 0 Å². The molecule has 2 aromatic rings. The molecule has 0 amide bonds. The van der Waals surface area contributed by atoms with Crippen LogP contribution in [0.1, 0.15) is 18.5 Å². The van der Waals surface area contributed by atoms with Crippen LogP contribution < -0.4 is 14.8 Å². The molecule has 0 saturated carbocycles. The third-order valence-electron chi connectivity index (χ3n) is 3.89. The van der Waals surface area contributed by atoms with Crippen LogP contribution in [-0.2, 0) is 9.84 Å². The van der Waals surface area contributed by atoms with Crippen molar-refractivity contribution in [3.05, 3.63) is 30.0 Å². The van der Waals surface area contributed by atoms with E-state index in [0.29, 0.717) is 5.69 Å². The molecule has 8 nitrogen and oxygen atoms in total. The molecule has 0 unspecified atom stereocenters. The Balaban J connectivity index is 0.00000261. The second kappa shape index (κ2) is 8.77. The highest BCUT2D eigenvalue weighted by atomic mass is 35.5. The van der Waals surface area contributed by atoms with Crippen LogP contribution in [0.5, 0.6) is 17.5 Å². The van der Waals surface area contributed by atoms with E-state index >= 15 is 0 Å². The van der Waals surface area contributed by atoms with Gasteiger partial charge in [-0.05, 0) is 45.0 Å². The van der Waals surface area contributed by atoms with Crippen LogP contribution in [0.15, 0.2) is 23.5 Å². The molecule has 0 bridgehead atoms. The van der Waals surface area contributed by atoms with E-state index in [0.717, 1.165) is 38.5 Å². The smallest absolute Gasteiger partial charge is 0.263 e. The summed E-state index contributed by atoms with van der Waals surface area (Å²) in [5.41, 5.74) is 0.298. The molecule has 1 N–H and O–H groups in total. The van der Waals surface area contributed by atoms with Gasteiger partial charge in [0.2, 0.25) is 5.82 Å². The molecule has 1 saturated heterocycles. The van der Waals surface area contributed by atoms with Crippen molar-refractivity contribution in [3.63, 3.8) is 0 Å². The Morgan fingerprint density at radius 2 is 1.85 bits per heavy atom. The number of sulfone groups is 1. The molecule has 27 heavy (non-hydrogen) atoms.